The Morgan fingerprint density at radius 2 is 1.83 bits per heavy atom. The molecule has 1 aliphatic rings. The number of rotatable bonds is 3. The number of hydrogen-bond acceptors (Lipinski definition) is 4. The van der Waals surface area contributed by atoms with E-state index in [0.717, 1.165) is 11.3 Å². The minimum Gasteiger partial charge on any atom is -0.485 e. The van der Waals surface area contributed by atoms with Gasteiger partial charge in [0.15, 0.2) is 11.5 Å². The Labute approximate surface area is 134 Å². The summed E-state index contributed by atoms with van der Waals surface area (Å²) < 4.78 is 11.2. The Balaban J connectivity index is 1.63. The van der Waals surface area contributed by atoms with E-state index in [-0.39, 0.29) is 12.5 Å². The van der Waals surface area contributed by atoms with E-state index < -0.39 is 6.10 Å². The Hall–Kier alpha value is -2.82. The minimum absolute atomic E-state index is 0.169. The molecule has 1 unspecified atom stereocenters. The number of carbonyl (C=O) groups excluding carboxylic acids is 1. The van der Waals surface area contributed by atoms with Crippen LogP contribution in [0.2, 0.25) is 0 Å². The summed E-state index contributed by atoms with van der Waals surface area (Å²) in [5.74, 6) is 0.889. The molecule has 2 aromatic rings. The van der Waals surface area contributed by atoms with Gasteiger partial charge >= 0.3 is 0 Å². The number of carbonyl (C=O) groups is 1. The normalized spacial score (nSPS) is 16.8. The second-order valence-corrected chi connectivity index (χ2v) is 5.40. The maximum atomic E-state index is 12.2. The van der Waals surface area contributed by atoms with Crippen LogP contribution in [0.4, 0.5) is 0 Å². The summed E-state index contributed by atoms with van der Waals surface area (Å²) in [6, 6.07) is 15.2. The van der Waals surface area contributed by atoms with Gasteiger partial charge in [0.05, 0.1) is 5.71 Å². The molecule has 23 heavy (non-hydrogen) atoms. The Morgan fingerprint density at radius 3 is 2.57 bits per heavy atom. The first-order valence-electron chi connectivity index (χ1n) is 7.43. The van der Waals surface area contributed by atoms with Gasteiger partial charge in [-0.1, -0.05) is 42.0 Å². The molecule has 0 aromatic heterocycles. The lowest BCUT2D eigenvalue weighted by atomic mass is 10.1. The molecule has 1 amide bonds. The van der Waals surface area contributed by atoms with Crippen molar-refractivity contribution in [3.63, 3.8) is 0 Å². The number of nitrogens with one attached hydrogen (secondary N) is 1. The van der Waals surface area contributed by atoms with Crippen LogP contribution in [0, 0.1) is 6.92 Å². The molecular formula is C18H18N2O3. The van der Waals surface area contributed by atoms with Crippen molar-refractivity contribution >= 4 is 11.6 Å². The summed E-state index contributed by atoms with van der Waals surface area (Å²) in [4.78, 5) is 12.2. The molecule has 0 saturated heterocycles. The lowest BCUT2D eigenvalue weighted by Gasteiger charge is -2.24. The van der Waals surface area contributed by atoms with Crippen molar-refractivity contribution in [1.82, 2.24) is 5.43 Å². The van der Waals surface area contributed by atoms with E-state index in [4.69, 9.17) is 9.47 Å². The van der Waals surface area contributed by atoms with Crippen LogP contribution in [0.1, 0.15) is 18.1 Å². The number of para-hydroxylation sites is 2. The molecule has 0 bridgehead atoms. The minimum atomic E-state index is -0.709. The van der Waals surface area contributed by atoms with Crippen molar-refractivity contribution in [3.05, 3.63) is 59.7 Å². The Kier molecular flexibility index (Phi) is 4.28. The van der Waals surface area contributed by atoms with Crippen molar-refractivity contribution in [2.45, 2.75) is 20.0 Å². The Bertz CT molecular complexity index is 738. The highest BCUT2D eigenvalue weighted by atomic mass is 16.6. The number of amides is 1. The average Bonchev–Trinajstić information content (AvgIpc) is 2.59. The van der Waals surface area contributed by atoms with Gasteiger partial charge in [-0.15, -0.1) is 0 Å². The molecule has 0 radical (unpaired) electrons. The van der Waals surface area contributed by atoms with Crippen LogP contribution in [0.3, 0.4) is 0 Å². The predicted octanol–water partition coefficient (Wildman–Crippen LogP) is 2.68. The molecule has 5 nitrogen and oxygen atoms in total. The van der Waals surface area contributed by atoms with E-state index in [2.05, 4.69) is 10.5 Å². The summed E-state index contributed by atoms with van der Waals surface area (Å²) >= 11 is 0. The van der Waals surface area contributed by atoms with E-state index in [1.165, 1.54) is 5.56 Å². The van der Waals surface area contributed by atoms with Crippen molar-refractivity contribution in [2.24, 2.45) is 5.10 Å². The number of ether oxygens (including phenoxy) is 2. The maximum absolute atomic E-state index is 12.2. The highest BCUT2D eigenvalue weighted by Gasteiger charge is 2.27. The fraction of sp³-hybridized carbons (Fsp3) is 0.222. The van der Waals surface area contributed by atoms with Gasteiger partial charge in [-0.25, -0.2) is 5.43 Å². The van der Waals surface area contributed by atoms with Gasteiger partial charge < -0.3 is 9.47 Å². The summed E-state index contributed by atoms with van der Waals surface area (Å²) in [6.07, 6.45) is -0.709. The number of benzene rings is 2. The first kappa shape index (κ1) is 15.1. The highest BCUT2D eigenvalue weighted by molar-refractivity contribution is 5.99. The van der Waals surface area contributed by atoms with Gasteiger partial charge in [-0.05, 0) is 31.5 Å². The van der Waals surface area contributed by atoms with E-state index in [9.17, 15) is 4.79 Å². The maximum Gasteiger partial charge on any atom is 0.284 e. The molecule has 1 N–H and O–H groups in total. The topological polar surface area (TPSA) is 59.9 Å². The first-order chi connectivity index (χ1) is 11.1. The predicted molar refractivity (Wildman–Crippen MR) is 87.9 cm³/mol. The lowest BCUT2D eigenvalue weighted by Crippen LogP contribution is -2.42. The Morgan fingerprint density at radius 1 is 1.13 bits per heavy atom. The van der Waals surface area contributed by atoms with E-state index in [1.54, 1.807) is 6.07 Å². The fourth-order valence-electron chi connectivity index (χ4n) is 2.22. The van der Waals surface area contributed by atoms with Crippen LogP contribution in [-0.2, 0) is 4.79 Å². The summed E-state index contributed by atoms with van der Waals surface area (Å²) in [5, 5.41) is 4.14. The van der Waals surface area contributed by atoms with Crippen LogP contribution >= 0.6 is 0 Å². The average molecular weight is 310 g/mol. The summed E-state index contributed by atoms with van der Waals surface area (Å²) in [5.41, 5.74) is 5.41. The van der Waals surface area contributed by atoms with Gasteiger partial charge in [0.25, 0.3) is 5.91 Å². The third-order valence-electron chi connectivity index (χ3n) is 3.60. The third kappa shape index (κ3) is 3.51. The molecule has 1 heterocycles. The molecule has 5 heteroatoms. The first-order valence-corrected chi connectivity index (χ1v) is 7.43. The van der Waals surface area contributed by atoms with Gasteiger partial charge in [-0.2, -0.15) is 5.10 Å². The summed E-state index contributed by atoms with van der Waals surface area (Å²) in [6.45, 7) is 4.04. The molecule has 0 saturated carbocycles. The molecule has 0 fully saturated rings. The monoisotopic (exact) mass is 310 g/mol. The summed E-state index contributed by atoms with van der Waals surface area (Å²) in [7, 11) is 0. The number of hydrogen-bond donors (Lipinski definition) is 1. The number of aryl methyl sites for hydroxylation is 1. The number of hydrazone groups is 1. The smallest absolute Gasteiger partial charge is 0.284 e. The molecule has 1 atom stereocenters. The van der Waals surface area contributed by atoms with E-state index >= 15 is 0 Å². The van der Waals surface area contributed by atoms with Crippen LogP contribution in [0.25, 0.3) is 0 Å². The molecule has 0 spiro atoms. The largest absolute Gasteiger partial charge is 0.485 e. The van der Waals surface area contributed by atoms with E-state index in [1.807, 2.05) is 56.3 Å². The van der Waals surface area contributed by atoms with Gasteiger partial charge in [-0.3, -0.25) is 4.79 Å². The van der Waals surface area contributed by atoms with Crippen molar-refractivity contribution in [2.75, 3.05) is 6.61 Å². The highest BCUT2D eigenvalue weighted by Crippen LogP contribution is 2.30. The third-order valence-corrected chi connectivity index (χ3v) is 3.60. The van der Waals surface area contributed by atoms with Crippen LogP contribution in [0.5, 0.6) is 11.5 Å². The molecular weight excluding hydrogens is 292 g/mol. The van der Waals surface area contributed by atoms with Gasteiger partial charge in [0.2, 0.25) is 6.10 Å². The zero-order valence-corrected chi connectivity index (χ0v) is 13.1. The number of nitrogens with zero attached hydrogens (tertiary/aromatic N) is 1. The second-order valence-electron chi connectivity index (χ2n) is 5.40. The SMILES string of the molecule is C/C(=N/NC(=O)C1COc2ccccc2O1)c1ccc(C)cc1. The van der Waals surface area contributed by atoms with E-state index in [0.29, 0.717) is 11.5 Å². The van der Waals surface area contributed by atoms with Crippen molar-refractivity contribution in [1.29, 1.82) is 0 Å². The zero-order valence-electron chi connectivity index (χ0n) is 13.1. The molecule has 1 aliphatic heterocycles. The lowest BCUT2D eigenvalue weighted by molar-refractivity contribution is -0.130. The number of fused-ring (bicyclic) bond motifs is 1. The van der Waals surface area contributed by atoms with Crippen LogP contribution in [0.15, 0.2) is 53.6 Å². The second kappa shape index (κ2) is 6.52. The molecule has 2 aromatic carbocycles. The zero-order chi connectivity index (χ0) is 16.2. The van der Waals surface area contributed by atoms with Crippen LogP contribution < -0.4 is 14.9 Å². The molecule has 3 rings (SSSR count). The van der Waals surface area contributed by atoms with Crippen molar-refractivity contribution < 1.29 is 14.3 Å². The van der Waals surface area contributed by atoms with Gasteiger partial charge in [0, 0.05) is 0 Å². The van der Waals surface area contributed by atoms with Crippen molar-refractivity contribution in [3.8, 4) is 11.5 Å². The van der Waals surface area contributed by atoms with Gasteiger partial charge in [0.1, 0.15) is 6.61 Å². The quantitative estimate of drug-likeness (QED) is 0.700. The van der Waals surface area contributed by atoms with Crippen LogP contribution in [-0.4, -0.2) is 24.3 Å². The molecule has 118 valence electrons. The molecule has 0 aliphatic carbocycles. The fourth-order valence-corrected chi connectivity index (χ4v) is 2.22. The standard InChI is InChI=1S/C18H18N2O3/c1-12-7-9-14(10-8-12)13(2)19-20-18(21)17-11-22-15-5-3-4-6-16(15)23-17/h3-10,17H,11H2,1-2H3,(H,20,21)/b19-13-.